The van der Waals surface area contributed by atoms with Crippen LogP contribution in [0.25, 0.3) is 0 Å². The summed E-state index contributed by atoms with van der Waals surface area (Å²) in [6, 6.07) is 4.11. The molecule has 0 radical (unpaired) electrons. The quantitative estimate of drug-likeness (QED) is 0.690. The number of thiophene rings is 1. The van der Waals surface area contributed by atoms with Gasteiger partial charge in [-0.2, -0.15) is 0 Å². The van der Waals surface area contributed by atoms with Gasteiger partial charge in [0.05, 0.1) is 11.4 Å². The minimum absolute atomic E-state index is 0.902. The van der Waals surface area contributed by atoms with Gasteiger partial charge in [-0.05, 0) is 11.4 Å². The normalized spacial score (nSPS) is 17.4. The minimum Gasteiger partial charge on any atom is -0.314 e. The highest BCUT2D eigenvalue weighted by atomic mass is 32.1. The van der Waals surface area contributed by atoms with Crippen molar-refractivity contribution in [1.82, 2.24) is 10.2 Å². The summed E-state index contributed by atoms with van der Waals surface area (Å²) in [7, 11) is 0. The van der Waals surface area contributed by atoms with Crippen LogP contribution in [0.15, 0.2) is 17.5 Å². The molecule has 3 heteroatoms. The summed E-state index contributed by atoms with van der Waals surface area (Å²) in [5.74, 6) is 6.39. The Labute approximate surface area is 88.9 Å². The summed E-state index contributed by atoms with van der Waals surface area (Å²) >= 11 is 1.71. The molecule has 0 saturated carbocycles. The van der Waals surface area contributed by atoms with Crippen molar-refractivity contribution in [3.63, 3.8) is 0 Å². The molecule has 1 aliphatic heterocycles. The van der Waals surface area contributed by atoms with Crippen LogP contribution in [-0.2, 0) is 0 Å². The predicted octanol–water partition coefficient (Wildman–Crippen LogP) is 1.00. The number of nitrogens with zero attached hydrogens (tertiary/aromatic N) is 1. The van der Waals surface area contributed by atoms with Crippen LogP contribution in [0, 0.1) is 11.8 Å². The molecule has 1 aliphatic rings. The first kappa shape index (κ1) is 9.72. The Bertz CT molecular complexity index is 315. The van der Waals surface area contributed by atoms with Gasteiger partial charge < -0.3 is 5.32 Å². The van der Waals surface area contributed by atoms with E-state index in [1.54, 1.807) is 11.3 Å². The maximum Gasteiger partial charge on any atom is 0.0768 e. The second-order valence-corrected chi connectivity index (χ2v) is 4.25. The van der Waals surface area contributed by atoms with Crippen LogP contribution < -0.4 is 5.32 Å². The largest absolute Gasteiger partial charge is 0.314 e. The third kappa shape index (κ3) is 2.85. The second kappa shape index (κ2) is 5.16. The van der Waals surface area contributed by atoms with Gasteiger partial charge in [-0.25, -0.2) is 0 Å². The van der Waals surface area contributed by atoms with Crippen LogP contribution in [0.1, 0.15) is 4.88 Å². The molecule has 2 rings (SSSR count). The molecule has 14 heavy (non-hydrogen) atoms. The molecular weight excluding hydrogens is 192 g/mol. The molecule has 0 aromatic carbocycles. The first-order valence-corrected chi connectivity index (χ1v) is 5.78. The van der Waals surface area contributed by atoms with E-state index in [1.807, 2.05) is 6.07 Å². The zero-order chi connectivity index (χ0) is 9.64. The molecule has 0 aliphatic carbocycles. The van der Waals surface area contributed by atoms with Gasteiger partial charge in [-0.1, -0.05) is 17.9 Å². The van der Waals surface area contributed by atoms with Crippen LogP contribution in [0.3, 0.4) is 0 Å². The maximum absolute atomic E-state index is 3.33. The van der Waals surface area contributed by atoms with Crippen molar-refractivity contribution in [2.45, 2.75) is 0 Å². The lowest BCUT2D eigenvalue weighted by molar-refractivity contribution is 0.268. The van der Waals surface area contributed by atoms with E-state index < -0.39 is 0 Å². The van der Waals surface area contributed by atoms with Crippen molar-refractivity contribution in [3.05, 3.63) is 22.4 Å². The van der Waals surface area contributed by atoms with E-state index in [4.69, 9.17) is 0 Å². The standard InChI is InChI=1S/C11H14N2S/c1(3-11-4-2-10-14-11)7-13-8-5-12-6-9-13/h2,4,10,12H,5-9H2. The van der Waals surface area contributed by atoms with Crippen LogP contribution in [0.5, 0.6) is 0 Å². The van der Waals surface area contributed by atoms with Crippen molar-refractivity contribution < 1.29 is 0 Å². The zero-order valence-corrected chi connectivity index (χ0v) is 8.94. The third-order valence-corrected chi connectivity index (χ3v) is 3.03. The van der Waals surface area contributed by atoms with E-state index in [-0.39, 0.29) is 0 Å². The van der Waals surface area contributed by atoms with Gasteiger partial charge in [0.2, 0.25) is 0 Å². The van der Waals surface area contributed by atoms with E-state index in [0.717, 1.165) is 32.7 Å². The Morgan fingerprint density at radius 2 is 2.29 bits per heavy atom. The molecule has 74 valence electrons. The van der Waals surface area contributed by atoms with Gasteiger partial charge in [0.15, 0.2) is 0 Å². The molecule has 0 bridgehead atoms. The minimum atomic E-state index is 0.902. The summed E-state index contributed by atoms with van der Waals surface area (Å²) in [5.41, 5.74) is 0. The zero-order valence-electron chi connectivity index (χ0n) is 8.12. The van der Waals surface area contributed by atoms with Crippen molar-refractivity contribution in [2.24, 2.45) is 0 Å². The van der Waals surface area contributed by atoms with Crippen molar-refractivity contribution >= 4 is 11.3 Å². The first-order valence-electron chi connectivity index (χ1n) is 4.90. The molecule has 0 amide bonds. The second-order valence-electron chi connectivity index (χ2n) is 3.31. The molecule has 1 aromatic rings. The summed E-state index contributed by atoms with van der Waals surface area (Å²) < 4.78 is 0. The fourth-order valence-corrected chi connectivity index (χ4v) is 2.05. The summed E-state index contributed by atoms with van der Waals surface area (Å²) in [4.78, 5) is 3.55. The Hall–Kier alpha value is -0.820. The Morgan fingerprint density at radius 3 is 3.00 bits per heavy atom. The van der Waals surface area contributed by atoms with Gasteiger partial charge in [0.1, 0.15) is 0 Å². The number of hydrogen-bond donors (Lipinski definition) is 1. The van der Waals surface area contributed by atoms with Crippen LogP contribution in [-0.4, -0.2) is 37.6 Å². The van der Waals surface area contributed by atoms with Crippen LogP contribution in [0.4, 0.5) is 0 Å². The lowest BCUT2D eigenvalue weighted by Crippen LogP contribution is -2.43. The fraction of sp³-hybridized carbons (Fsp3) is 0.455. The van der Waals surface area contributed by atoms with Crippen molar-refractivity contribution in [2.75, 3.05) is 32.7 Å². The number of piperazine rings is 1. The number of hydrogen-bond acceptors (Lipinski definition) is 3. The molecular formula is C11H14N2S. The number of rotatable bonds is 1. The highest BCUT2D eigenvalue weighted by molar-refractivity contribution is 7.10. The van der Waals surface area contributed by atoms with E-state index in [1.165, 1.54) is 4.88 Å². The topological polar surface area (TPSA) is 15.3 Å². The van der Waals surface area contributed by atoms with Gasteiger partial charge in [0.25, 0.3) is 0 Å². The van der Waals surface area contributed by atoms with E-state index in [2.05, 4.69) is 33.5 Å². The Morgan fingerprint density at radius 1 is 1.43 bits per heavy atom. The predicted molar refractivity (Wildman–Crippen MR) is 60.5 cm³/mol. The van der Waals surface area contributed by atoms with Crippen LogP contribution >= 0.6 is 11.3 Å². The SMILES string of the molecule is C(#Cc1cccs1)CN1CCNCC1. The molecule has 1 fully saturated rings. The Kier molecular flexibility index (Phi) is 3.58. The van der Waals surface area contributed by atoms with Gasteiger partial charge in [-0.3, -0.25) is 4.90 Å². The maximum atomic E-state index is 3.33. The highest BCUT2D eigenvalue weighted by Crippen LogP contribution is 2.05. The van der Waals surface area contributed by atoms with Crippen molar-refractivity contribution in [3.8, 4) is 11.8 Å². The molecule has 0 unspecified atom stereocenters. The smallest absolute Gasteiger partial charge is 0.0768 e. The first-order chi connectivity index (χ1) is 6.95. The molecule has 2 heterocycles. The molecule has 2 nitrogen and oxygen atoms in total. The fourth-order valence-electron chi connectivity index (χ4n) is 1.46. The lowest BCUT2D eigenvalue weighted by Gasteiger charge is -2.24. The summed E-state index contributed by atoms with van der Waals surface area (Å²) in [6.45, 7) is 5.35. The van der Waals surface area contributed by atoms with Gasteiger partial charge >= 0.3 is 0 Å². The van der Waals surface area contributed by atoms with E-state index >= 15 is 0 Å². The highest BCUT2D eigenvalue weighted by Gasteiger charge is 2.06. The van der Waals surface area contributed by atoms with Crippen molar-refractivity contribution in [1.29, 1.82) is 0 Å². The molecule has 0 spiro atoms. The average molecular weight is 206 g/mol. The van der Waals surface area contributed by atoms with Crippen LogP contribution in [0.2, 0.25) is 0 Å². The Balaban J connectivity index is 1.80. The third-order valence-electron chi connectivity index (χ3n) is 2.25. The summed E-state index contributed by atoms with van der Waals surface area (Å²) in [6.07, 6.45) is 0. The monoisotopic (exact) mass is 206 g/mol. The molecule has 1 aromatic heterocycles. The van der Waals surface area contributed by atoms with Gasteiger partial charge in [-0.15, -0.1) is 11.3 Å². The average Bonchev–Trinajstić information content (AvgIpc) is 2.72. The summed E-state index contributed by atoms with van der Waals surface area (Å²) in [5, 5.41) is 5.40. The van der Waals surface area contributed by atoms with Gasteiger partial charge in [0, 0.05) is 26.2 Å². The molecule has 1 N–H and O–H groups in total. The number of nitrogens with one attached hydrogen (secondary N) is 1. The van der Waals surface area contributed by atoms with E-state index in [0.29, 0.717) is 0 Å². The molecule has 0 atom stereocenters. The lowest BCUT2D eigenvalue weighted by atomic mass is 10.3. The molecule has 1 saturated heterocycles. The van der Waals surface area contributed by atoms with E-state index in [9.17, 15) is 0 Å².